The molecule has 2 atom stereocenters. The molecule has 0 unspecified atom stereocenters. The largest absolute Gasteiger partial charge is 1.00 e. The van der Waals surface area contributed by atoms with Crippen molar-refractivity contribution in [1.82, 2.24) is 9.55 Å². The van der Waals surface area contributed by atoms with Gasteiger partial charge in [0.05, 0.1) is 41.1 Å². The number of rotatable bonds is 9. The van der Waals surface area contributed by atoms with E-state index in [-0.39, 0.29) is 201 Å². The summed E-state index contributed by atoms with van der Waals surface area (Å²) in [7, 11) is -3.74. The Hall–Kier alpha value is -1.18. The Balaban J connectivity index is 0.000000473. The van der Waals surface area contributed by atoms with Crippen LogP contribution in [-0.4, -0.2) is 77.9 Å². The maximum Gasteiger partial charge on any atom is 1.00 e. The minimum Gasteiger partial charge on any atom is -1.00 e. The normalized spacial score (nSPS) is 17.5. The van der Waals surface area contributed by atoms with Gasteiger partial charge in [0.15, 0.2) is 11.6 Å². The first-order valence-corrected chi connectivity index (χ1v) is 21.4. The Kier molecular flexibility index (Phi) is 23.1. The van der Waals surface area contributed by atoms with E-state index in [0.29, 0.717) is 19.8 Å². The third-order valence-corrected chi connectivity index (χ3v) is 11.1. The van der Waals surface area contributed by atoms with Crippen molar-refractivity contribution < 1.29 is 196 Å². The van der Waals surface area contributed by atoms with Crippen molar-refractivity contribution in [3.05, 3.63) is 110 Å². The summed E-state index contributed by atoms with van der Waals surface area (Å²) in [4.78, 5) is 35.6. The summed E-state index contributed by atoms with van der Waals surface area (Å²) >= 11 is 0. The molecule has 0 amide bonds. The average molecular weight is 1160 g/mol. The second kappa shape index (κ2) is 25.1. The molecule has 2 aromatic heterocycles. The number of carbonyl (C=O) groups is 1. The van der Waals surface area contributed by atoms with Crippen LogP contribution in [0.1, 0.15) is 87.6 Å². The van der Waals surface area contributed by atoms with Crippen LogP contribution in [0.15, 0.2) is 77.7 Å². The number of nitro groups is 2. The van der Waals surface area contributed by atoms with Gasteiger partial charge in [-0.1, -0.05) is 59.2 Å². The fraction of sp³-hybridized carbons (Fsp3) is 0.477. The number of aryl methyl sites for hydroxylation is 1. The van der Waals surface area contributed by atoms with Crippen molar-refractivity contribution in [2.75, 3.05) is 19.8 Å². The van der Waals surface area contributed by atoms with Gasteiger partial charge >= 0.3 is 138 Å². The van der Waals surface area contributed by atoms with Gasteiger partial charge in [-0.25, -0.2) is 0 Å². The van der Waals surface area contributed by atoms with E-state index in [2.05, 4.69) is 56.0 Å². The fourth-order valence-corrected chi connectivity index (χ4v) is 7.60. The minimum absolute atomic E-state index is 0. The molecule has 21 heteroatoms. The number of nitrogens with one attached hydrogen (secondary N) is 1. The van der Waals surface area contributed by atoms with Crippen molar-refractivity contribution in [1.29, 1.82) is 0 Å². The number of ether oxygens (including phenoxy) is 4. The molecule has 5 aromatic rings. The molecule has 7 rings (SSSR count). The van der Waals surface area contributed by atoms with Crippen LogP contribution in [0.4, 0.5) is 11.4 Å². The Morgan fingerprint density at radius 1 is 0.800 bits per heavy atom. The van der Waals surface area contributed by atoms with Crippen molar-refractivity contribution in [3.8, 4) is 0 Å². The zero-order valence-corrected chi connectivity index (χ0v) is 52.8. The third-order valence-electron chi connectivity index (χ3n) is 9.77. The molecule has 2 aliphatic rings. The van der Waals surface area contributed by atoms with Crippen molar-refractivity contribution >= 4 is 49.8 Å². The summed E-state index contributed by atoms with van der Waals surface area (Å²) in [6.07, 6.45) is -0.401. The zero-order valence-electron chi connectivity index (χ0n) is 40.5. The number of non-ortho nitro benzene ring substituents is 2. The standard InChI is InChI=1S/C18H24N2O4.C13H18O5S.C12H14N2O2.CH2O3.2Cs.H/c1-17(2,3)16-9-12-8-13(20(21)22)6-7-15(12)19(16)10-14-11-23-18(4,5)24-14;1-10-4-6-12(7-5-10)19(14,15)17-9-11-8-16-13(2,3)18-11;1-12(2,3)11-7-8-6-9(14(15)16)4-5-10(8)13-11;2-1-4-3;;;/h6-9,14H,10-11H2,1-5H3;4-7,11H,8-9H2,1-3H3;4-7,13H,1-3H3;1,3H;;;/q;;;;2*+1;-1/p-1/t14-;11-;;;;;/m10...../s1. The van der Waals surface area contributed by atoms with E-state index in [0.717, 1.165) is 38.8 Å². The molecule has 0 aliphatic carbocycles. The second-order valence-electron chi connectivity index (χ2n) is 18.0. The van der Waals surface area contributed by atoms with Crippen LogP contribution in [0.2, 0.25) is 0 Å². The van der Waals surface area contributed by atoms with Crippen LogP contribution in [0.3, 0.4) is 0 Å². The van der Waals surface area contributed by atoms with E-state index in [4.69, 9.17) is 33.2 Å². The summed E-state index contributed by atoms with van der Waals surface area (Å²) in [6, 6.07) is 20.4. The predicted octanol–water partition coefficient (Wildman–Crippen LogP) is 1.78. The molecule has 65 heavy (non-hydrogen) atoms. The third kappa shape index (κ3) is 17.9. The van der Waals surface area contributed by atoms with E-state index in [1.165, 1.54) is 18.2 Å². The number of H-pyrrole nitrogens is 1. The summed E-state index contributed by atoms with van der Waals surface area (Å²) in [5.74, 6) is -1.24. The Bertz CT molecular complexity index is 2500. The number of aromatic nitrogens is 2. The maximum absolute atomic E-state index is 11.9. The molecule has 0 radical (unpaired) electrons. The quantitative estimate of drug-likeness (QED) is 0.0729. The molecule has 2 fully saturated rings. The van der Waals surface area contributed by atoms with Gasteiger partial charge in [0, 0.05) is 68.3 Å². The van der Waals surface area contributed by atoms with E-state index in [9.17, 15) is 28.6 Å². The van der Waals surface area contributed by atoms with Crippen LogP contribution in [0.25, 0.3) is 21.8 Å². The van der Waals surface area contributed by atoms with Gasteiger partial charge in [0.25, 0.3) is 28.0 Å². The van der Waals surface area contributed by atoms with Gasteiger partial charge < -0.3 is 40.1 Å². The van der Waals surface area contributed by atoms with Crippen LogP contribution >= 0.6 is 0 Å². The summed E-state index contributed by atoms with van der Waals surface area (Å²) in [5, 5.41) is 31.9. The average Bonchev–Trinajstić information content (AvgIpc) is 3.97. The summed E-state index contributed by atoms with van der Waals surface area (Å²) < 4.78 is 53.5. The first-order chi connectivity index (χ1) is 29.1. The van der Waals surface area contributed by atoms with Crippen molar-refractivity contribution in [3.63, 3.8) is 0 Å². The van der Waals surface area contributed by atoms with E-state index >= 15 is 0 Å². The smallest absolute Gasteiger partial charge is 1.00 e. The zero-order chi connectivity index (χ0) is 47.1. The minimum atomic E-state index is -3.74. The number of nitrogens with zero attached hydrogens (tertiary/aromatic N) is 3. The fourth-order valence-electron chi connectivity index (χ4n) is 6.67. The summed E-state index contributed by atoms with van der Waals surface area (Å²) in [6.45, 7) is 23.3. The Morgan fingerprint density at radius 3 is 1.77 bits per heavy atom. The first-order valence-electron chi connectivity index (χ1n) is 20.0. The Morgan fingerprint density at radius 2 is 1.31 bits per heavy atom. The Labute approximate surface area is 498 Å². The number of benzene rings is 3. The molecule has 0 saturated carbocycles. The van der Waals surface area contributed by atoms with Crippen molar-refractivity contribution in [2.24, 2.45) is 0 Å². The van der Waals surface area contributed by atoms with E-state index in [1.54, 1.807) is 50.2 Å². The van der Waals surface area contributed by atoms with Gasteiger partial charge in [-0.3, -0.25) is 29.2 Å². The molecule has 2 saturated heterocycles. The van der Waals surface area contributed by atoms with Crippen LogP contribution in [0.5, 0.6) is 0 Å². The second-order valence-corrected chi connectivity index (χ2v) is 19.6. The van der Waals surface area contributed by atoms with E-state index in [1.807, 2.05) is 39.0 Å². The van der Waals surface area contributed by atoms with Gasteiger partial charge in [-0.05, 0) is 71.0 Å². The number of fused-ring (bicyclic) bond motifs is 2. The number of hydrogen-bond acceptors (Lipinski definition) is 14. The van der Waals surface area contributed by atoms with Crippen molar-refractivity contribution in [2.45, 2.75) is 122 Å². The SMILES string of the molecule is CC(C)(C)c1cc2cc([N+](=O)[O-])ccc2[nH]1.CC1(C)OC[C@@H](Cn2c(C(C)(C)C)cc3cc([N+](=O)[O-])ccc32)O1.Cc1ccc(S(=O)(=O)OC[C@@H]2COC(C)(C)O2)cc1.O=CO[O-].[Cs+].[Cs+].[H-]. The monoisotopic (exact) mass is 1160 g/mol. The molecule has 4 heterocycles. The van der Waals surface area contributed by atoms with Gasteiger partial charge in [0.1, 0.15) is 12.2 Å². The molecule has 18 nitrogen and oxygen atoms in total. The van der Waals surface area contributed by atoms with Gasteiger partial charge in [-0.2, -0.15) is 8.42 Å². The molecule has 0 bridgehead atoms. The van der Waals surface area contributed by atoms with Crippen LogP contribution in [0, 0.1) is 27.2 Å². The van der Waals surface area contributed by atoms with Gasteiger partial charge in [0.2, 0.25) is 0 Å². The predicted molar refractivity (Wildman–Crippen MR) is 233 cm³/mol. The molecule has 0 spiro atoms. The van der Waals surface area contributed by atoms with Crippen LogP contribution < -0.4 is 143 Å². The molecule has 2 aliphatic heterocycles. The number of aromatic amines is 1. The first kappa shape index (κ1) is 59.9. The summed E-state index contributed by atoms with van der Waals surface area (Å²) in [5.41, 5.74) is 5.32. The molecule has 3 aromatic carbocycles. The molecular formula is C44H58Cs2N4O14S. The maximum atomic E-state index is 11.9. The van der Waals surface area contributed by atoms with Crippen LogP contribution in [-0.2, 0) is 60.3 Å². The number of nitro benzene ring substituents is 2. The number of hydrogen-bond donors (Lipinski definition) is 1. The molecular weight excluding hydrogens is 1110 g/mol. The van der Waals surface area contributed by atoms with Gasteiger partial charge in [-0.15, -0.1) is 0 Å². The molecule has 1 N–H and O–H groups in total. The topological polar surface area (TPSA) is 237 Å². The van der Waals surface area contributed by atoms with E-state index < -0.39 is 21.7 Å². The molecule has 346 valence electrons. The number of carbonyl (C=O) groups excluding carboxylic acids is 1.